The van der Waals surface area contributed by atoms with E-state index < -0.39 is 0 Å². The van der Waals surface area contributed by atoms with Gasteiger partial charge in [-0.1, -0.05) is 13.8 Å². The van der Waals surface area contributed by atoms with Gasteiger partial charge >= 0.3 is 0 Å². The number of aryl methyl sites for hydroxylation is 1. The van der Waals surface area contributed by atoms with Gasteiger partial charge in [-0.2, -0.15) is 10.4 Å². The van der Waals surface area contributed by atoms with Crippen molar-refractivity contribution in [2.24, 2.45) is 0 Å². The maximum Gasteiger partial charge on any atom is 0.167 e. The topological polar surface area (TPSA) is 70.8 Å². The van der Waals surface area contributed by atoms with Crippen molar-refractivity contribution >= 4 is 5.82 Å². The Bertz CT molecular complexity index is 512. The molecule has 0 bridgehead atoms. The molecule has 0 unspecified atom stereocenters. The van der Waals surface area contributed by atoms with E-state index in [2.05, 4.69) is 21.6 Å². The summed E-state index contributed by atoms with van der Waals surface area (Å²) in [7, 11) is 1.75. The summed E-state index contributed by atoms with van der Waals surface area (Å²) in [6.45, 7) is 4.76. The Morgan fingerprint density at radius 2 is 2.05 bits per heavy atom. The Labute approximate surface area is 120 Å². The molecule has 1 aromatic rings. The summed E-state index contributed by atoms with van der Waals surface area (Å²) in [6, 6.07) is 2.27. The maximum atomic E-state index is 9.42. The van der Waals surface area contributed by atoms with Gasteiger partial charge in [0.1, 0.15) is 11.6 Å². The van der Waals surface area contributed by atoms with Crippen LogP contribution in [-0.2, 0) is 17.6 Å². The molecule has 0 saturated heterocycles. The molecule has 0 amide bonds. The summed E-state index contributed by atoms with van der Waals surface area (Å²) in [5.41, 5.74) is 2.46. The molecule has 20 heavy (non-hydrogen) atoms. The van der Waals surface area contributed by atoms with Gasteiger partial charge in [-0.15, -0.1) is 5.10 Å². The van der Waals surface area contributed by atoms with Crippen molar-refractivity contribution in [3.05, 3.63) is 16.8 Å². The third kappa shape index (κ3) is 2.61. The minimum Gasteiger partial charge on any atom is -0.376 e. The first-order valence-corrected chi connectivity index (χ1v) is 7.27. The fraction of sp³-hybridized carbons (Fsp3) is 0.667. The van der Waals surface area contributed by atoms with Crippen molar-refractivity contribution in [3.63, 3.8) is 0 Å². The molecule has 5 heteroatoms. The Morgan fingerprint density at radius 1 is 1.30 bits per heavy atom. The summed E-state index contributed by atoms with van der Waals surface area (Å²) in [5, 5.41) is 21.1. The highest BCUT2D eigenvalue weighted by Crippen LogP contribution is 2.35. The molecule has 1 heterocycles. The van der Waals surface area contributed by atoms with Crippen LogP contribution in [0.25, 0.3) is 0 Å². The Balaban J connectivity index is 2.22. The zero-order valence-electron chi connectivity index (χ0n) is 12.5. The van der Waals surface area contributed by atoms with Crippen LogP contribution in [-0.4, -0.2) is 29.5 Å². The van der Waals surface area contributed by atoms with Crippen LogP contribution in [0.4, 0.5) is 5.82 Å². The summed E-state index contributed by atoms with van der Waals surface area (Å²) < 4.78 is 5.58. The maximum absolute atomic E-state index is 9.42. The highest BCUT2D eigenvalue weighted by Gasteiger charge is 2.37. The smallest absolute Gasteiger partial charge is 0.167 e. The monoisotopic (exact) mass is 274 g/mol. The fourth-order valence-electron chi connectivity index (χ4n) is 2.69. The lowest BCUT2D eigenvalue weighted by molar-refractivity contribution is -0.0601. The van der Waals surface area contributed by atoms with E-state index >= 15 is 0 Å². The normalized spacial score (nSPS) is 16.3. The van der Waals surface area contributed by atoms with Crippen LogP contribution in [0.5, 0.6) is 0 Å². The van der Waals surface area contributed by atoms with Crippen LogP contribution in [0.15, 0.2) is 0 Å². The molecule has 1 aromatic heterocycles. The van der Waals surface area contributed by atoms with Gasteiger partial charge in [-0.05, 0) is 37.7 Å². The van der Waals surface area contributed by atoms with Crippen LogP contribution in [0.3, 0.4) is 0 Å². The first-order valence-electron chi connectivity index (χ1n) is 7.27. The van der Waals surface area contributed by atoms with Gasteiger partial charge in [0.2, 0.25) is 0 Å². The lowest BCUT2D eigenvalue weighted by Crippen LogP contribution is -2.45. The number of nitrogens with one attached hydrogen (secondary N) is 1. The van der Waals surface area contributed by atoms with Crippen molar-refractivity contribution in [2.45, 2.75) is 51.6 Å². The van der Waals surface area contributed by atoms with Gasteiger partial charge in [-0.3, -0.25) is 0 Å². The van der Waals surface area contributed by atoms with Crippen LogP contribution < -0.4 is 5.32 Å². The third-order valence-electron chi connectivity index (χ3n) is 4.23. The molecule has 2 rings (SSSR count). The fourth-order valence-corrected chi connectivity index (χ4v) is 2.69. The lowest BCUT2D eigenvalue weighted by Gasteiger charge is -2.40. The number of ether oxygens (including phenoxy) is 1. The molecule has 1 saturated carbocycles. The average molecular weight is 274 g/mol. The lowest BCUT2D eigenvalue weighted by atomic mass is 9.80. The van der Waals surface area contributed by atoms with Crippen LogP contribution >= 0.6 is 0 Å². The number of methoxy groups -OCH3 is 1. The summed E-state index contributed by atoms with van der Waals surface area (Å²) in [6.07, 6.45) is 4.90. The number of nitrogens with zero attached hydrogens (tertiary/aromatic N) is 3. The number of hydrogen-bond acceptors (Lipinski definition) is 5. The van der Waals surface area contributed by atoms with Crippen molar-refractivity contribution in [1.82, 2.24) is 10.2 Å². The van der Waals surface area contributed by atoms with Crippen molar-refractivity contribution < 1.29 is 4.74 Å². The molecule has 1 N–H and O–H groups in total. The molecule has 5 nitrogen and oxygen atoms in total. The van der Waals surface area contributed by atoms with E-state index in [1.807, 2.05) is 13.8 Å². The highest BCUT2D eigenvalue weighted by molar-refractivity contribution is 5.56. The van der Waals surface area contributed by atoms with Crippen molar-refractivity contribution in [1.29, 1.82) is 5.26 Å². The largest absolute Gasteiger partial charge is 0.376 e. The van der Waals surface area contributed by atoms with E-state index in [4.69, 9.17) is 4.74 Å². The molecule has 0 atom stereocenters. The van der Waals surface area contributed by atoms with E-state index in [1.54, 1.807) is 7.11 Å². The van der Waals surface area contributed by atoms with Crippen molar-refractivity contribution in [2.75, 3.05) is 19.0 Å². The van der Waals surface area contributed by atoms with Gasteiger partial charge in [0, 0.05) is 13.7 Å². The van der Waals surface area contributed by atoms with Crippen LogP contribution in [0, 0.1) is 11.3 Å². The quantitative estimate of drug-likeness (QED) is 0.862. The van der Waals surface area contributed by atoms with E-state index in [0.29, 0.717) is 17.9 Å². The number of hydrogen-bond donors (Lipinski definition) is 1. The highest BCUT2D eigenvalue weighted by atomic mass is 16.5. The molecule has 1 fully saturated rings. The zero-order valence-corrected chi connectivity index (χ0v) is 12.5. The SMILES string of the molecule is CCc1nnc(NCC2(OC)CCC2)c(C#N)c1CC. The Kier molecular flexibility index (Phi) is 4.56. The number of anilines is 1. The summed E-state index contributed by atoms with van der Waals surface area (Å²) in [5.74, 6) is 0.588. The standard InChI is InChI=1S/C15H22N4O/c1-4-11-12(9-16)14(19-18-13(11)5-2)17-10-15(20-3)7-6-8-15/h4-8,10H2,1-3H3,(H,17,19). The number of nitriles is 1. The van der Waals surface area contributed by atoms with Crippen LogP contribution in [0.1, 0.15) is 49.9 Å². The van der Waals surface area contributed by atoms with Gasteiger partial charge < -0.3 is 10.1 Å². The molecule has 0 aromatic carbocycles. The molecule has 1 aliphatic carbocycles. The molecular formula is C15H22N4O. The molecule has 0 aliphatic heterocycles. The molecule has 0 radical (unpaired) electrons. The minimum absolute atomic E-state index is 0.0930. The van der Waals surface area contributed by atoms with Gasteiger partial charge in [0.05, 0.1) is 11.3 Å². The van der Waals surface area contributed by atoms with E-state index in [-0.39, 0.29) is 5.60 Å². The second kappa shape index (κ2) is 6.19. The van der Waals surface area contributed by atoms with E-state index in [1.165, 1.54) is 6.42 Å². The Hall–Kier alpha value is -1.67. The summed E-state index contributed by atoms with van der Waals surface area (Å²) >= 11 is 0. The van der Waals surface area contributed by atoms with Crippen molar-refractivity contribution in [3.8, 4) is 6.07 Å². The second-order valence-corrected chi connectivity index (χ2v) is 5.26. The first kappa shape index (κ1) is 14.7. The number of aromatic nitrogens is 2. The van der Waals surface area contributed by atoms with Gasteiger partial charge in [0.25, 0.3) is 0 Å². The molecule has 0 spiro atoms. The number of rotatable bonds is 6. The minimum atomic E-state index is -0.0930. The predicted octanol–water partition coefficient (Wildman–Crippen LogP) is 2.45. The molecule has 1 aliphatic rings. The average Bonchev–Trinajstić information content (AvgIpc) is 2.45. The molecule has 108 valence electrons. The molecular weight excluding hydrogens is 252 g/mol. The van der Waals surface area contributed by atoms with Crippen LogP contribution in [0.2, 0.25) is 0 Å². The second-order valence-electron chi connectivity index (χ2n) is 5.26. The predicted molar refractivity (Wildman–Crippen MR) is 77.6 cm³/mol. The summed E-state index contributed by atoms with van der Waals surface area (Å²) in [4.78, 5) is 0. The first-order chi connectivity index (χ1) is 9.69. The van der Waals surface area contributed by atoms with Gasteiger partial charge in [0.15, 0.2) is 5.82 Å². The Morgan fingerprint density at radius 3 is 2.50 bits per heavy atom. The zero-order chi connectivity index (χ0) is 14.6. The van der Waals surface area contributed by atoms with E-state index in [0.717, 1.165) is 36.9 Å². The van der Waals surface area contributed by atoms with Gasteiger partial charge in [-0.25, -0.2) is 0 Å². The van der Waals surface area contributed by atoms with E-state index in [9.17, 15) is 5.26 Å². The third-order valence-corrected chi connectivity index (χ3v) is 4.23.